The van der Waals surface area contributed by atoms with Gasteiger partial charge in [0.15, 0.2) is 5.56 Å². The second-order valence-corrected chi connectivity index (χ2v) is 4.38. The van der Waals surface area contributed by atoms with Crippen molar-refractivity contribution in [3.05, 3.63) is 57.9 Å². The van der Waals surface area contributed by atoms with Gasteiger partial charge in [0.2, 0.25) is 0 Å². The summed E-state index contributed by atoms with van der Waals surface area (Å²) in [4.78, 5) is 12.1. The fourth-order valence-electron chi connectivity index (χ4n) is 2.22. The molecule has 2 aromatic rings. The summed E-state index contributed by atoms with van der Waals surface area (Å²) in [6, 6.07) is 13.2. The van der Waals surface area contributed by atoms with E-state index in [0.717, 1.165) is 23.2 Å². The molecule has 3 heteroatoms. The number of aromatic nitrogens is 1. The number of rotatable bonds is 3. The summed E-state index contributed by atoms with van der Waals surface area (Å²) in [5.74, 6) is 0. The first-order valence-corrected chi connectivity index (χ1v) is 6.39. The normalized spacial score (nSPS) is 10.1. The molecule has 0 amide bonds. The Kier molecular flexibility index (Phi) is 6.15. The maximum absolute atomic E-state index is 12.1. The van der Waals surface area contributed by atoms with E-state index in [-0.39, 0.29) is 38.3 Å². The van der Waals surface area contributed by atoms with Gasteiger partial charge in [0.05, 0.1) is 0 Å². The summed E-state index contributed by atoms with van der Waals surface area (Å²) in [5, 5.41) is 0. The average Bonchev–Trinajstić information content (AvgIpc) is 2.41. The van der Waals surface area contributed by atoms with Crippen LogP contribution in [0.5, 0.6) is 0 Å². The summed E-state index contributed by atoms with van der Waals surface area (Å²) in [5.41, 5.74) is 4.08. The Hall–Kier alpha value is -0.726. The number of benzene rings is 1. The minimum absolute atomic E-state index is 0. The van der Waals surface area contributed by atoms with E-state index >= 15 is 0 Å². The van der Waals surface area contributed by atoms with Gasteiger partial charge in [-0.05, 0) is 13.3 Å². The van der Waals surface area contributed by atoms with E-state index in [1.807, 2.05) is 26.0 Å². The Morgan fingerprint density at radius 3 is 2.53 bits per heavy atom. The second-order valence-electron chi connectivity index (χ2n) is 4.38. The van der Waals surface area contributed by atoms with Crippen LogP contribution in [-0.4, -0.2) is 4.57 Å². The van der Waals surface area contributed by atoms with Crippen molar-refractivity contribution in [2.45, 2.75) is 33.7 Å². The van der Waals surface area contributed by atoms with Gasteiger partial charge in [0, 0.05) is 39.3 Å². The molecule has 1 radical (unpaired) electrons. The van der Waals surface area contributed by atoms with Crippen LogP contribution in [0.3, 0.4) is 0 Å². The van der Waals surface area contributed by atoms with Gasteiger partial charge in [0.1, 0.15) is 0 Å². The molecule has 0 N–H and O–H groups in total. The van der Waals surface area contributed by atoms with E-state index in [1.54, 1.807) is 10.6 Å². The fraction of sp³-hybridized carbons (Fsp3) is 0.312. The molecule has 2 nitrogen and oxygen atoms in total. The quantitative estimate of drug-likeness (QED) is 0.793. The first-order valence-electron chi connectivity index (χ1n) is 6.39. The molecule has 0 fully saturated rings. The Labute approximate surface area is 139 Å². The largest absolute Gasteiger partial charge is 0.342 e. The smallest absolute Gasteiger partial charge is 0.197 e. The molecule has 0 unspecified atom stereocenters. The van der Waals surface area contributed by atoms with Crippen molar-refractivity contribution < 1.29 is 32.7 Å². The van der Waals surface area contributed by atoms with Gasteiger partial charge < -0.3 is 4.57 Å². The number of nitrogens with zero attached hydrogens (tertiary/aromatic N) is 1. The third-order valence-corrected chi connectivity index (χ3v) is 3.25. The van der Waals surface area contributed by atoms with Gasteiger partial charge in [0.25, 0.3) is 0 Å². The van der Waals surface area contributed by atoms with E-state index < -0.39 is 0 Å². The van der Waals surface area contributed by atoms with Crippen LogP contribution in [0.2, 0.25) is 0 Å². The average molecular weight is 329 g/mol. The minimum Gasteiger partial charge on any atom is -0.342 e. The Morgan fingerprint density at radius 1 is 1.21 bits per heavy atom. The first kappa shape index (κ1) is 16.3. The van der Waals surface area contributed by atoms with Gasteiger partial charge in [-0.15, -0.1) is 6.07 Å². The molecule has 0 aliphatic carbocycles. The third kappa shape index (κ3) is 3.24. The summed E-state index contributed by atoms with van der Waals surface area (Å²) < 4.78 is 1.80. The van der Waals surface area contributed by atoms with Crippen LogP contribution < -0.4 is 5.56 Å². The minimum atomic E-state index is 0. The molecule has 1 heterocycles. The van der Waals surface area contributed by atoms with Crippen molar-refractivity contribution in [1.29, 1.82) is 0 Å². The zero-order chi connectivity index (χ0) is 13.1. The van der Waals surface area contributed by atoms with Gasteiger partial charge in [-0.1, -0.05) is 54.4 Å². The van der Waals surface area contributed by atoms with Crippen molar-refractivity contribution >= 4 is 0 Å². The van der Waals surface area contributed by atoms with Crippen LogP contribution in [0, 0.1) is 13.0 Å². The Bertz CT molecular complexity index is 616. The molecule has 0 aliphatic heterocycles. The van der Waals surface area contributed by atoms with Crippen LogP contribution in [-0.2, 0) is 45.7 Å². The van der Waals surface area contributed by atoms with Crippen LogP contribution in [0.4, 0.5) is 0 Å². The van der Waals surface area contributed by atoms with E-state index in [9.17, 15) is 4.79 Å². The number of hydrogen-bond acceptors (Lipinski definition) is 1. The molecule has 0 spiro atoms. The molecule has 1 aromatic carbocycles. The van der Waals surface area contributed by atoms with Gasteiger partial charge in [-0.25, -0.2) is 0 Å². The SMILES string of the molecule is CCc1ccccc1-c1[c-]cc(C)c(=O)n1CC.[Y]. The zero-order valence-corrected chi connectivity index (χ0v) is 14.6. The van der Waals surface area contributed by atoms with E-state index in [2.05, 4.69) is 25.1 Å². The Balaban J connectivity index is 0.00000180. The molecular formula is C16H18NOY-. The maximum Gasteiger partial charge on any atom is 0.197 e. The first-order chi connectivity index (χ1) is 8.69. The summed E-state index contributed by atoms with van der Waals surface area (Å²) in [6.45, 7) is 6.62. The van der Waals surface area contributed by atoms with E-state index in [4.69, 9.17) is 0 Å². The molecule has 0 bridgehead atoms. The molecule has 0 saturated heterocycles. The molecular weight excluding hydrogens is 311 g/mol. The van der Waals surface area contributed by atoms with Crippen LogP contribution >= 0.6 is 0 Å². The van der Waals surface area contributed by atoms with Crippen LogP contribution in [0.15, 0.2) is 35.1 Å². The molecule has 2 rings (SSSR count). The zero-order valence-electron chi connectivity index (χ0n) is 11.7. The molecule has 0 aliphatic rings. The van der Waals surface area contributed by atoms with Crippen molar-refractivity contribution in [3.8, 4) is 11.3 Å². The third-order valence-electron chi connectivity index (χ3n) is 3.25. The number of aryl methyl sites for hydroxylation is 2. The predicted octanol–water partition coefficient (Wildman–Crippen LogP) is 3.20. The van der Waals surface area contributed by atoms with Crippen molar-refractivity contribution in [2.24, 2.45) is 0 Å². The number of pyridine rings is 1. The van der Waals surface area contributed by atoms with Gasteiger partial charge >= 0.3 is 0 Å². The predicted molar refractivity (Wildman–Crippen MR) is 74.8 cm³/mol. The Morgan fingerprint density at radius 2 is 1.89 bits per heavy atom. The van der Waals surface area contributed by atoms with Crippen molar-refractivity contribution in [1.82, 2.24) is 4.57 Å². The topological polar surface area (TPSA) is 22.0 Å². The van der Waals surface area contributed by atoms with Crippen molar-refractivity contribution in [2.75, 3.05) is 0 Å². The molecule has 97 valence electrons. The maximum atomic E-state index is 12.1. The molecule has 19 heavy (non-hydrogen) atoms. The monoisotopic (exact) mass is 329 g/mol. The van der Waals surface area contributed by atoms with Gasteiger partial charge in [-0.3, -0.25) is 4.79 Å². The van der Waals surface area contributed by atoms with Crippen LogP contribution in [0.25, 0.3) is 11.3 Å². The summed E-state index contributed by atoms with van der Waals surface area (Å²) in [7, 11) is 0. The van der Waals surface area contributed by atoms with Gasteiger partial charge in [-0.2, -0.15) is 12.1 Å². The van der Waals surface area contributed by atoms with E-state index in [0.29, 0.717) is 6.54 Å². The number of hydrogen-bond donors (Lipinski definition) is 0. The fourth-order valence-corrected chi connectivity index (χ4v) is 2.22. The second kappa shape index (κ2) is 7.16. The standard InChI is InChI=1S/C16H18NO.Y/c1-4-13-8-6-7-9-14(13)15-11-10-12(3)16(18)17(15)5-2;/h6-10H,4-5H2,1-3H3;/q-1;. The molecule has 0 saturated carbocycles. The molecule has 0 atom stereocenters. The van der Waals surface area contributed by atoms with Crippen molar-refractivity contribution in [3.63, 3.8) is 0 Å². The van der Waals surface area contributed by atoms with Crippen LogP contribution in [0.1, 0.15) is 25.0 Å². The molecule has 1 aromatic heterocycles. The van der Waals surface area contributed by atoms with E-state index in [1.165, 1.54) is 5.56 Å². The summed E-state index contributed by atoms with van der Waals surface area (Å²) >= 11 is 0. The summed E-state index contributed by atoms with van der Waals surface area (Å²) in [6.07, 6.45) is 0.954.